The summed E-state index contributed by atoms with van der Waals surface area (Å²) in [5, 5.41) is 24.6. The Bertz CT molecular complexity index is 1040. The molecule has 0 radical (unpaired) electrons. The molecule has 0 aliphatic heterocycles. The van der Waals surface area contributed by atoms with Crippen LogP contribution in [0.1, 0.15) is 29.5 Å². The molecule has 11 heteroatoms. The van der Waals surface area contributed by atoms with Gasteiger partial charge in [0.05, 0.1) is 31.0 Å². The normalized spacial score (nSPS) is 24.3. The van der Waals surface area contributed by atoms with E-state index in [2.05, 4.69) is 5.32 Å². The van der Waals surface area contributed by atoms with E-state index >= 15 is 0 Å². The summed E-state index contributed by atoms with van der Waals surface area (Å²) in [6.45, 7) is 0.814. The van der Waals surface area contributed by atoms with Gasteiger partial charge in [-0.15, -0.1) is 0 Å². The summed E-state index contributed by atoms with van der Waals surface area (Å²) in [5.41, 5.74) is -1.14. The van der Waals surface area contributed by atoms with E-state index in [-0.39, 0.29) is 26.1 Å². The maximum atomic E-state index is 13.4. The Balaban J connectivity index is 1.77. The molecule has 7 nitrogen and oxygen atoms in total. The number of nitrogens with one attached hydrogen (secondary N) is 1. The Morgan fingerprint density at radius 2 is 1.81 bits per heavy atom. The Kier molecular flexibility index (Phi) is 9.96. The number of rotatable bonds is 10. The van der Waals surface area contributed by atoms with Crippen molar-refractivity contribution >= 4 is 17.5 Å². The van der Waals surface area contributed by atoms with Gasteiger partial charge in [0.1, 0.15) is 6.10 Å². The predicted octanol–water partition coefficient (Wildman–Crippen LogP) is 3.39. The number of carbonyl (C=O) groups excluding carboxylic acids is 1. The topological polar surface area (TPSA) is 91.3 Å². The molecule has 1 fully saturated rings. The lowest BCUT2D eigenvalue weighted by Gasteiger charge is -2.44. The molecule has 0 aromatic heterocycles. The van der Waals surface area contributed by atoms with Gasteiger partial charge < -0.3 is 29.9 Å². The van der Waals surface area contributed by atoms with Crippen LogP contribution in [-0.2, 0) is 33.7 Å². The van der Waals surface area contributed by atoms with E-state index in [0.29, 0.717) is 23.7 Å². The fourth-order valence-corrected chi connectivity index (χ4v) is 4.37. The number of nitrogens with zero attached hydrogens (tertiary/aromatic N) is 1. The SMILES string of the molecule is CN(C)CCNC(=O)[C@@]1(OCc2cccc(Cl)c2)CC(OCc2ccc(C(F)(F)F)cc2)[C@H](O)[C@H](O)C1. The molecule has 1 unspecified atom stereocenters. The smallest absolute Gasteiger partial charge is 0.390 e. The van der Waals surface area contributed by atoms with Gasteiger partial charge in [-0.05, 0) is 49.5 Å². The minimum absolute atomic E-state index is 0.0239. The fraction of sp³-hybridized carbons (Fsp3) is 0.500. The third-order valence-electron chi connectivity index (χ3n) is 6.25. The van der Waals surface area contributed by atoms with Crippen molar-refractivity contribution in [2.45, 2.75) is 56.1 Å². The molecular formula is C26H32ClF3N2O5. The van der Waals surface area contributed by atoms with Crippen LogP contribution in [0.15, 0.2) is 48.5 Å². The van der Waals surface area contributed by atoms with Crippen molar-refractivity contribution in [1.29, 1.82) is 0 Å². The third-order valence-corrected chi connectivity index (χ3v) is 6.49. The summed E-state index contributed by atoms with van der Waals surface area (Å²) in [7, 11) is 3.73. The van der Waals surface area contributed by atoms with Crippen molar-refractivity contribution in [3.05, 3.63) is 70.2 Å². The summed E-state index contributed by atoms with van der Waals surface area (Å²) in [5.74, 6) is -0.453. The number of hydrogen-bond acceptors (Lipinski definition) is 6. The predicted molar refractivity (Wildman–Crippen MR) is 132 cm³/mol. The molecule has 3 N–H and O–H groups in total. The van der Waals surface area contributed by atoms with Gasteiger partial charge >= 0.3 is 6.18 Å². The quantitative estimate of drug-likeness (QED) is 0.425. The lowest BCUT2D eigenvalue weighted by molar-refractivity contribution is -0.200. The van der Waals surface area contributed by atoms with Crippen LogP contribution in [0, 0.1) is 0 Å². The number of halogens is 4. The maximum absolute atomic E-state index is 13.4. The molecule has 4 atom stereocenters. The summed E-state index contributed by atoms with van der Waals surface area (Å²) < 4.78 is 50.5. The Morgan fingerprint density at radius 3 is 2.43 bits per heavy atom. The number of alkyl halides is 3. The number of likely N-dealkylation sites (N-methyl/N-ethyl adjacent to an activating group) is 1. The van der Waals surface area contributed by atoms with Gasteiger partial charge in [-0.3, -0.25) is 4.79 Å². The molecule has 3 rings (SSSR count). The van der Waals surface area contributed by atoms with Crippen molar-refractivity contribution in [3.8, 4) is 0 Å². The minimum Gasteiger partial charge on any atom is -0.390 e. The first-order valence-corrected chi connectivity index (χ1v) is 12.2. The summed E-state index contributed by atoms with van der Waals surface area (Å²) >= 11 is 6.07. The fourth-order valence-electron chi connectivity index (χ4n) is 4.16. The van der Waals surface area contributed by atoms with Gasteiger partial charge in [-0.1, -0.05) is 35.9 Å². The highest BCUT2D eigenvalue weighted by Crippen LogP contribution is 2.36. The molecule has 37 heavy (non-hydrogen) atoms. The average molecular weight is 545 g/mol. The number of benzene rings is 2. The highest BCUT2D eigenvalue weighted by molar-refractivity contribution is 6.30. The van der Waals surface area contributed by atoms with Crippen LogP contribution in [0.25, 0.3) is 0 Å². The highest BCUT2D eigenvalue weighted by atomic mass is 35.5. The van der Waals surface area contributed by atoms with Crippen LogP contribution < -0.4 is 5.32 Å². The monoisotopic (exact) mass is 544 g/mol. The molecule has 2 aromatic rings. The van der Waals surface area contributed by atoms with Crippen LogP contribution >= 0.6 is 11.6 Å². The van der Waals surface area contributed by atoms with Crippen molar-refractivity contribution < 1.29 is 37.7 Å². The number of hydrogen-bond donors (Lipinski definition) is 3. The van der Waals surface area contributed by atoms with Gasteiger partial charge in [-0.25, -0.2) is 0 Å². The minimum atomic E-state index is -4.46. The molecule has 204 valence electrons. The van der Waals surface area contributed by atoms with Crippen LogP contribution in [-0.4, -0.2) is 72.1 Å². The molecule has 0 heterocycles. The Morgan fingerprint density at radius 1 is 1.11 bits per heavy atom. The second-order valence-electron chi connectivity index (χ2n) is 9.48. The van der Waals surface area contributed by atoms with Gasteiger partial charge in [0.25, 0.3) is 5.91 Å². The number of amides is 1. The van der Waals surface area contributed by atoms with E-state index in [1.807, 2.05) is 19.0 Å². The lowest BCUT2D eigenvalue weighted by atomic mass is 9.78. The maximum Gasteiger partial charge on any atom is 0.416 e. The summed E-state index contributed by atoms with van der Waals surface area (Å²) in [6.07, 6.45) is -8.34. The highest BCUT2D eigenvalue weighted by Gasteiger charge is 2.51. The van der Waals surface area contributed by atoms with Crippen LogP contribution in [0.2, 0.25) is 5.02 Å². The van der Waals surface area contributed by atoms with Gasteiger partial charge in [0, 0.05) is 31.0 Å². The zero-order valence-electron chi connectivity index (χ0n) is 20.7. The van der Waals surface area contributed by atoms with Crippen molar-refractivity contribution in [3.63, 3.8) is 0 Å². The first kappa shape index (κ1) is 29.3. The van der Waals surface area contributed by atoms with E-state index in [0.717, 1.165) is 17.7 Å². The van der Waals surface area contributed by atoms with Crippen molar-refractivity contribution in [1.82, 2.24) is 10.2 Å². The number of aliphatic hydroxyl groups is 2. The Labute approximate surface area is 219 Å². The molecule has 0 bridgehead atoms. The lowest BCUT2D eigenvalue weighted by Crippen LogP contribution is -2.61. The van der Waals surface area contributed by atoms with Crippen molar-refractivity contribution in [2.24, 2.45) is 0 Å². The second kappa shape index (κ2) is 12.6. The molecule has 1 amide bonds. The largest absolute Gasteiger partial charge is 0.416 e. The summed E-state index contributed by atoms with van der Waals surface area (Å²) in [6, 6.07) is 11.4. The Hall–Kier alpha value is -2.21. The summed E-state index contributed by atoms with van der Waals surface area (Å²) in [4.78, 5) is 15.3. The van der Waals surface area contributed by atoms with Gasteiger partial charge in [-0.2, -0.15) is 13.2 Å². The van der Waals surface area contributed by atoms with E-state index in [1.54, 1.807) is 24.3 Å². The average Bonchev–Trinajstić information content (AvgIpc) is 2.83. The second-order valence-corrected chi connectivity index (χ2v) is 9.92. The number of aliphatic hydroxyl groups excluding tert-OH is 2. The van der Waals surface area contributed by atoms with Crippen LogP contribution in [0.4, 0.5) is 13.2 Å². The molecule has 0 spiro atoms. The molecule has 2 aromatic carbocycles. The first-order valence-electron chi connectivity index (χ1n) is 11.8. The van der Waals surface area contributed by atoms with Crippen LogP contribution in [0.5, 0.6) is 0 Å². The van der Waals surface area contributed by atoms with E-state index in [4.69, 9.17) is 21.1 Å². The first-order chi connectivity index (χ1) is 17.4. The standard InChI is InChI=1S/C26H32ClF3N2O5/c1-32(2)11-10-31-24(35)25(37-16-18-4-3-5-20(27)12-18)13-21(33)23(34)22(14-25)36-15-17-6-8-19(9-7-17)26(28,29)30/h3-9,12,21-23,33-34H,10-11,13-16H2,1-2H3,(H,31,35)/t21-,22?,23-,25+/m1/s1. The van der Waals surface area contributed by atoms with Gasteiger partial charge in [0.15, 0.2) is 5.60 Å². The molecular weight excluding hydrogens is 513 g/mol. The molecule has 1 aliphatic rings. The number of ether oxygens (including phenoxy) is 2. The van der Waals surface area contributed by atoms with Crippen molar-refractivity contribution in [2.75, 3.05) is 27.2 Å². The molecule has 0 saturated heterocycles. The van der Waals surface area contributed by atoms with E-state index < -0.39 is 41.6 Å². The third kappa shape index (κ3) is 8.13. The zero-order chi connectivity index (χ0) is 27.2. The zero-order valence-corrected chi connectivity index (χ0v) is 21.4. The van der Waals surface area contributed by atoms with E-state index in [1.165, 1.54) is 12.1 Å². The van der Waals surface area contributed by atoms with E-state index in [9.17, 15) is 28.2 Å². The molecule has 1 aliphatic carbocycles. The van der Waals surface area contributed by atoms with Crippen LogP contribution in [0.3, 0.4) is 0 Å². The van der Waals surface area contributed by atoms with Gasteiger partial charge in [0.2, 0.25) is 0 Å². The molecule has 1 saturated carbocycles. The number of carbonyl (C=O) groups is 1.